The molecule has 0 saturated carbocycles. The van der Waals surface area contributed by atoms with Gasteiger partial charge in [-0.05, 0) is 49.2 Å². The number of nitrogen functional groups attached to an aromatic ring is 1. The molecule has 0 spiro atoms. The van der Waals surface area contributed by atoms with Gasteiger partial charge in [-0.3, -0.25) is 0 Å². The highest BCUT2D eigenvalue weighted by Crippen LogP contribution is 2.17. The summed E-state index contributed by atoms with van der Waals surface area (Å²) in [6.45, 7) is 4.16. The van der Waals surface area contributed by atoms with Gasteiger partial charge in [-0.25, -0.2) is 0 Å². The van der Waals surface area contributed by atoms with Gasteiger partial charge in [0.25, 0.3) is 0 Å². The molecule has 72 valence electrons. The predicted molar refractivity (Wildman–Crippen MR) is 59.7 cm³/mol. The van der Waals surface area contributed by atoms with Crippen LogP contribution in [0.2, 0.25) is 0 Å². The van der Waals surface area contributed by atoms with E-state index in [4.69, 9.17) is 5.73 Å². The molecule has 0 aliphatic carbocycles. The Morgan fingerprint density at radius 1 is 1.14 bits per heavy atom. The third-order valence-corrected chi connectivity index (χ3v) is 2.34. The number of nitrogens with zero attached hydrogens (tertiary/aromatic N) is 1. The highest BCUT2D eigenvalue weighted by atomic mass is 14.9. The van der Waals surface area contributed by atoms with Gasteiger partial charge in [0.05, 0.1) is 0 Å². The molecule has 2 heteroatoms. The second-order valence-electron chi connectivity index (χ2n) is 3.64. The summed E-state index contributed by atoms with van der Waals surface area (Å²) < 4.78 is 2.12. The van der Waals surface area contributed by atoms with E-state index in [1.165, 1.54) is 16.8 Å². The Hall–Kier alpha value is -1.70. The van der Waals surface area contributed by atoms with Crippen molar-refractivity contribution < 1.29 is 0 Å². The molecule has 2 N–H and O–H groups in total. The van der Waals surface area contributed by atoms with Crippen LogP contribution in [0.1, 0.15) is 11.1 Å². The van der Waals surface area contributed by atoms with E-state index in [0.29, 0.717) is 0 Å². The van der Waals surface area contributed by atoms with Crippen molar-refractivity contribution in [1.82, 2.24) is 4.57 Å². The van der Waals surface area contributed by atoms with Crippen LogP contribution in [0.3, 0.4) is 0 Å². The second kappa shape index (κ2) is 3.22. The van der Waals surface area contributed by atoms with E-state index in [9.17, 15) is 0 Å². The van der Waals surface area contributed by atoms with Crippen molar-refractivity contribution in [3.8, 4) is 5.69 Å². The van der Waals surface area contributed by atoms with E-state index < -0.39 is 0 Å². The maximum absolute atomic E-state index is 5.70. The summed E-state index contributed by atoms with van der Waals surface area (Å²) in [6, 6.07) is 8.06. The zero-order valence-corrected chi connectivity index (χ0v) is 8.49. The Balaban J connectivity index is 2.52. The van der Waals surface area contributed by atoms with Crippen LogP contribution < -0.4 is 5.73 Å². The zero-order chi connectivity index (χ0) is 10.1. The molecule has 1 aromatic heterocycles. The lowest BCUT2D eigenvalue weighted by atomic mass is 10.2. The molecular formula is C12H14N2. The molecule has 0 atom stereocenters. The van der Waals surface area contributed by atoms with Crippen LogP contribution in [0.5, 0.6) is 0 Å². The Morgan fingerprint density at radius 2 is 1.93 bits per heavy atom. The highest BCUT2D eigenvalue weighted by Gasteiger charge is 2.00. The van der Waals surface area contributed by atoms with Crippen LogP contribution >= 0.6 is 0 Å². The summed E-state index contributed by atoms with van der Waals surface area (Å²) in [7, 11) is 0. The number of benzene rings is 1. The molecule has 14 heavy (non-hydrogen) atoms. The molecule has 0 aliphatic heterocycles. The first-order chi connectivity index (χ1) is 6.66. The van der Waals surface area contributed by atoms with Crippen molar-refractivity contribution in [2.24, 2.45) is 0 Å². The number of aromatic nitrogens is 1. The molecule has 0 aliphatic rings. The molecule has 1 aromatic carbocycles. The van der Waals surface area contributed by atoms with Crippen LogP contribution in [-0.4, -0.2) is 4.57 Å². The Labute approximate surface area is 84.0 Å². The maximum Gasteiger partial charge on any atom is 0.0480 e. The lowest BCUT2D eigenvalue weighted by molar-refractivity contribution is 1.06. The Bertz CT molecular complexity index is 455. The normalized spacial score (nSPS) is 10.4. The Morgan fingerprint density at radius 3 is 2.50 bits per heavy atom. The van der Waals surface area contributed by atoms with E-state index in [0.717, 1.165) is 5.69 Å². The summed E-state index contributed by atoms with van der Waals surface area (Å²) in [5, 5.41) is 0. The highest BCUT2D eigenvalue weighted by molar-refractivity contribution is 5.51. The van der Waals surface area contributed by atoms with Gasteiger partial charge in [-0.15, -0.1) is 0 Å². The van der Waals surface area contributed by atoms with Crippen molar-refractivity contribution in [1.29, 1.82) is 0 Å². The second-order valence-corrected chi connectivity index (χ2v) is 3.64. The van der Waals surface area contributed by atoms with E-state index in [2.05, 4.69) is 36.9 Å². The molecule has 0 bridgehead atoms. The molecule has 1 heterocycles. The summed E-state index contributed by atoms with van der Waals surface area (Å²) in [5.41, 5.74) is 10.2. The van der Waals surface area contributed by atoms with Crippen LogP contribution in [0.4, 0.5) is 5.69 Å². The number of rotatable bonds is 1. The molecule has 2 rings (SSSR count). The SMILES string of the molecule is Cc1ccn(-c2ccc(N)cc2C)c1. The molecule has 0 unspecified atom stereocenters. The molecule has 0 fully saturated rings. The molecular weight excluding hydrogens is 172 g/mol. The van der Waals surface area contributed by atoms with E-state index in [1.807, 2.05) is 18.2 Å². The van der Waals surface area contributed by atoms with E-state index in [1.54, 1.807) is 0 Å². The lowest BCUT2D eigenvalue weighted by Gasteiger charge is -2.07. The largest absolute Gasteiger partial charge is 0.399 e. The van der Waals surface area contributed by atoms with Gasteiger partial charge >= 0.3 is 0 Å². The zero-order valence-electron chi connectivity index (χ0n) is 8.49. The number of anilines is 1. The monoisotopic (exact) mass is 186 g/mol. The van der Waals surface area contributed by atoms with E-state index >= 15 is 0 Å². The minimum absolute atomic E-state index is 0.815. The molecule has 0 saturated heterocycles. The average Bonchev–Trinajstić information content (AvgIpc) is 2.51. The third kappa shape index (κ3) is 1.51. The van der Waals surface area contributed by atoms with E-state index in [-0.39, 0.29) is 0 Å². The van der Waals surface area contributed by atoms with Gasteiger partial charge in [0.15, 0.2) is 0 Å². The predicted octanol–water partition coefficient (Wildman–Crippen LogP) is 2.68. The lowest BCUT2D eigenvalue weighted by Crippen LogP contribution is -1.95. The van der Waals surface area contributed by atoms with Crippen molar-refractivity contribution >= 4 is 5.69 Å². The van der Waals surface area contributed by atoms with Crippen molar-refractivity contribution in [3.05, 3.63) is 47.8 Å². The van der Waals surface area contributed by atoms with Gasteiger partial charge in [0.1, 0.15) is 0 Å². The quantitative estimate of drug-likeness (QED) is 0.682. The number of nitrogens with two attached hydrogens (primary N) is 1. The van der Waals surface area contributed by atoms with Crippen molar-refractivity contribution in [2.75, 3.05) is 5.73 Å². The smallest absolute Gasteiger partial charge is 0.0480 e. The van der Waals surface area contributed by atoms with Crippen LogP contribution in [0.15, 0.2) is 36.7 Å². The third-order valence-electron chi connectivity index (χ3n) is 2.34. The summed E-state index contributed by atoms with van der Waals surface area (Å²) in [4.78, 5) is 0. The number of hydrogen-bond acceptors (Lipinski definition) is 1. The topological polar surface area (TPSA) is 30.9 Å². The first-order valence-electron chi connectivity index (χ1n) is 4.68. The van der Waals surface area contributed by atoms with Gasteiger partial charge in [-0.1, -0.05) is 0 Å². The number of aryl methyl sites for hydroxylation is 2. The number of hydrogen-bond donors (Lipinski definition) is 1. The maximum atomic E-state index is 5.70. The standard InChI is InChI=1S/C12H14N2/c1-9-5-6-14(8-9)12-4-3-11(13)7-10(12)2/h3-8H,13H2,1-2H3. The fourth-order valence-corrected chi connectivity index (χ4v) is 1.62. The van der Waals surface area contributed by atoms with Crippen molar-refractivity contribution in [3.63, 3.8) is 0 Å². The minimum Gasteiger partial charge on any atom is -0.399 e. The molecule has 0 radical (unpaired) electrons. The summed E-state index contributed by atoms with van der Waals surface area (Å²) >= 11 is 0. The van der Waals surface area contributed by atoms with Gasteiger partial charge in [-0.2, -0.15) is 0 Å². The van der Waals surface area contributed by atoms with Crippen molar-refractivity contribution in [2.45, 2.75) is 13.8 Å². The minimum atomic E-state index is 0.815. The van der Waals surface area contributed by atoms with Gasteiger partial charge in [0, 0.05) is 23.8 Å². The molecule has 0 amide bonds. The fourth-order valence-electron chi connectivity index (χ4n) is 1.62. The molecule has 2 aromatic rings. The fraction of sp³-hybridized carbons (Fsp3) is 0.167. The summed E-state index contributed by atoms with van der Waals surface area (Å²) in [6.07, 6.45) is 4.17. The summed E-state index contributed by atoms with van der Waals surface area (Å²) in [5.74, 6) is 0. The van der Waals surface area contributed by atoms with Gasteiger partial charge < -0.3 is 10.3 Å². The van der Waals surface area contributed by atoms with Crippen LogP contribution in [-0.2, 0) is 0 Å². The Kier molecular flexibility index (Phi) is 2.04. The van der Waals surface area contributed by atoms with Crippen LogP contribution in [0, 0.1) is 13.8 Å². The average molecular weight is 186 g/mol. The van der Waals surface area contributed by atoms with Gasteiger partial charge in [0.2, 0.25) is 0 Å². The first kappa shape index (κ1) is 8.88. The molecule has 2 nitrogen and oxygen atoms in total. The van der Waals surface area contributed by atoms with Crippen LogP contribution in [0.25, 0.3) is 5.69 Å². The first-order valence-corrected chi connectivity index (χ1v) is 4.68.